The molecule has 1 aromatic rings. The standard InChI is InChI=1S/C12H20N4O/c1-4-10-6-17-8(2)5-16(10)12-9(3)11(13)14-7-15-12/h7-8,10H,4-6H2,1-3H3,(H2,13,14,15). The average Bonchev–Trinajstić information content (AvgIpc) is 2.33. The Morgan fingerprint density at radius 3 is 3.00 bits per heavy atom. The minimum absolute atomic E-state index is 0.230. The van der Waals surface area contributed by atoms with Gasteiger partial charge >= 0.3 is 0 Å². The fourth-order valence-corrected chi connectivity index (χ4v) is 2.19. The smallest absolute Gasteiger partial charge is 0.137 e. The van der Waals surface area contributed by atoms with Gasteiger partial charge in [0.1, 0.15) is 18.0 Å². The van der Waals surface area contributed by atoms with Gasteiger partial charge in [0.2, 0.25) is 0 Å². The van der Waals surface area contributed by atoms with Crippen LogP contribution in [-0.4, -0.2) is 35.3 Å². The number of nitrogens with two attached hydrogens (primary N) is 1. The molecule has 0 saturated carbocycles. The van der Waals surface area contributed by atoms with Crippen LogP contribution in [0.5, 0.6) is 0 Å². The topological polar surface area (TPSA) is 64.3 Å². The van der Waals surface area contributed by atoms with Gasteiger partial charge in [0.15, 0.2) is 0 Å². The molecule has 0 aromatic carbocycles. The summed E-state index contributed by atoms with van der Waals surface area (Å²) in [6.07, 6.45) is 2.80. The van der Waals surface area contributed by atoms with E-state index >= 15 is 0 Å². The van der Waals surface area contributed by atoms with Crippen molar-refractivity contribution in [2.75, 3.05) is 23.8 Å². The molecule has 17 heavy (non-hydrogen) atoms. The quantitative estimate of drug-likeness (QED) is 0.840. The molecule has 0 amide bonds. The number of aromatic nitrogens is 2. The number of ether oxygens (including phenoxy) is 1. The van der Waals surface area contributed by atoms with Crippen LogP contribution in [0.25, 0.3) is 0 Å². The Morgan fingerprint density at radius 1 is 1.53 bits per heavy atom. The molecule has 0 radical (unpaired) electrons. The lowest BCUT2D eigenvalue weighted by atomic mass is 10.1. The van der Waals surface area contributed by atoms with Gasteiger partial charge in [0, 0.05) is 12.1 Å². The molecule has 1 aliphatic heterocycles. The van der Waals surface area contributed by atoms with Crippen LogP contribution in [0.2, 0.25) is 0 Å². The van der Waals surface area contributed by atoms with Gasteiger partial charge in [0.05, 0.1) is 18.8 Å². The SMILES string of the molecule is CCC1COC(C)CN1c1ncnc(N)c1C. The van der Waals surface area contributed by atoms with E-state index in [9.17, 15) is 0 Å². The van der Waals surface area contributed by atoms with Crippen LogP contribution in [-0.2, 0) is 4.74 Å². The number of anilines is 2. The van der Waals surface area contributed by atoms with Crippen molar-refractivity contribution < 1.29 is 4.74 Å². The molecule has 2 unspecified atom stereocenters. The molecular weight excluding hydrogens is 216 g/mol. The van der Waals surface area contributed by atoms with Crippen LogP contribution in [0, 0.1) is 6.92 Å². The fraction of sp³-hybridized carbons (Fsp3) is 0.667. The van der Waals surface area contributed by atoms with Gasteiger partial charge in [-0.15, -0.1) is 0 Å². The van der Waals surface area contributed by atoms with Crippen molar-refractivity contribution in [3.8, 4) is 0 Å². The summed E-state index contributed by atoms with van der Waals surface area (Å²) in [4.78, 5) is 10.7. The lowest BCUT2D eigenvalue weighted by Gasteiger charge is -2.39. The van der Waals surface area contributed by atoms with Gasteiger partial charge in [-0.1, -0.05) is 6.92 Å². The van der Waals surface area contributed by atoms with E-state index < -0.39 is 0 Å². The third-order valence-corrected chi connectivity index (χ3v) is 3.31. The highest BCUT2D eigenvalue weighted by Gasteiger charge is 2.27. The minimum atomic E-state index is 0.230. The summed E-state index contributed by atoms with van der Waals surface area (Å²) >= 11 is 0. The Labute approximate surface area is 102 Å². The van der Waals surface area contributed by atoms with Crippen LogP contribution in [0.3, 0.4) is 0 Å². The van der Waals surface area contributed by atoms with Crippen LogP contribution >= 0.6 is 0 Å². The van der Waals surface area contributed by atoms with Gasteiger partial charge in [0.25, 0.3) is 0 Å². The van der Waals surface area contributed by atoms with E-state index in [0.717, 1.165) is 31.0 Å². The number of morpholine rings is 1. The van der Waals surface area contributed by atoms with E-state index in [1.807, 2.05) is 6.92 Å². The number of nitrogens with zero attached hydrogens (tertiary/aromatic N) is 3. The zero-order valence-corrected chi connectivity index (χ0v) is 10.7. The van der Waals surface area contributed by atoms with Crippen LogP contribution in [0.15, 0.2) is 6.33 Å². The Kier molecular flexibility index (Phi) is 3.47. The number of hydrogen-bond acceptors (Lipinski definition) is 5. The molecule has 1 fully saturated rings. The third-order valence-electron chi connectivity index (χ3n) is 3.31. The summed E-state index contributed by atoms with van der Waals surface area (Å²) in [5.41, 5.74) is 6.80. The van der Waals surface area contributed by atoms with Crippen molar-refractivity contribution in [3.63, 3.8) is 0 Å². The van der Waals surface area contributed by atoms with Crippen molar-refractivity contribution in [3.05, 3.63) is 11.9 Å². The zero-order chi connectivity index (χ0) is 12.4. The molecule has 2 N–H and O–H groups in total. The molecule has 5 nitrogen and oxygen atoms in total. The van der Waals surface area contributed by atoms with Gasteiger partial charge < -0.3 is 15.4 Å². The second kappa shape index (κ2) is 4.87. The highest BCUT2D eigenvalue weighted by Crippen LogP contribution is 2.26. The maximum atomic E-state index is 5.84. The normalized spacial score (nSPS) is 25.0. The maximum absolute atomic E-state index is 5.84. The van der Waals surface area contributed by atoms with Crippen LogP contribution in [0.1, 0.15) is 25.8 Å². The highest BCUT2D eigenvalue weighted by molar-refractivity contribution is 5.56. The first kappa shape index (κ1) is 12.1. The molecule has 1 saturated heterocycles. The van der Waals surface area contributed by atoms with Crippen molar-refractivity contribution in [2.24, 2.45) is 0 Å². The van der Waals surface area contributed by atoms with Crippen molar-refractivity contribution in [1.29, 1.82) is 0 Å². The first-order chi connectivity index (χ1) is 8.13. The van der Waals surface area contributed by atoms with Crippen molar-refractivity contribution in [2.45, 2.75) is 39.3 Å². The molecule has 5 heteroatoms. The van der Waals surface area contributed by atoms with Crippen LogP contribution in [0.4, 0.5) is 11.6 Å². The molecule has 94 valence electrons. The predicted molar refractivity (Wildman–Crippen MR) is 68.0 cm³/mol. The predicted octanol–water partition coefficient (Wildman–Crippen LogP) is 1.37. The molecule has 2 heterocycles. The lowest BCUT2D eigenvalue weighted by Crippen LogP contribution is -2.49. The second-order valence-electron chi connectivity index (χ2n) is 4.57. The van der Waals surface area contributed by atoms with Gasteiger partial charge in [-0.2, -0.15) is 0 Å². The Morgan fingerprint density at radius 2 is 2.29 bits per heavy atom. The third kappa shape index (κ3) is 2.34. The average molecular weight is 236 g/mol. The zero-order valence-electron chi connectivity index (χ0n) is 10.7. The largest absolute Gasteiger partial charge is 0.383 e. The number of nitrogen functional groups attached to an aromatic ring is 1. The summed E-state index contributed by atoms with van der Waals surface area (Å²) in [7, 11) is 0. The summed E-state index contributed by atoms with van der Waals surface area (Å²) in [6.45, 7) is 7.82. The fourth-order valence-electron chi connectivity index (χ4n) is 2.19. The number of hydrogen-bond donors (Lipinski definition) is 1. The van der Waals surface area contributed by atoms with Gasteiger partial charge in [-0.3, -0.25) is 0 Å². The van der Waals surface area contributed by atoms with Gasteiger partial charge in [-0.05, 0) is 20.3 Å². The molecule has 0 spiro atoms. The van der Waals surface area contributed by atoms with E-state index in [1.54, 1.807) is 0 Å². The summed E-state index contributed by atoms with van der Waals surface area (Å²) < 4.78 is 5.69. The molecule has 2 atom stereocenters. The van der Waals surface area contributed by atoms with E-state index in [-0.39, 0.29) is 6.10 Å². The van der Waals surface area contributed by atoms with Crippen molar-refractivity contribution >= 4 is 11.6 Å². The maximum Gasteiger partial charge on any atom is 0.137 e. The second-order valence-corrected chi connectivity index (χ2v) is 4.57. The first-order valence-corrected chi connectivity index (χ1v) is 6.08. The van der Waals surface area contributed by atoms with E-state index in [2.05, 4.69) is 28.7 Å². The lowest BCUT2D eigenvalue weighted by molar-refractivity contribution is 0.0295. The number of rotatable bonds is 2. The molecule has 1 aromatic heterocycles. The van der Waals surface area contributed by atoms with Crippen LogP contribution < -0.4 is 10.6 Å². The van der Waals surface area contributed by atoms with E-state index in [1.165, 1.54) is 6.33 Å². The minimum Gasteiger partial charge on any atom is -0.383 e. The van der Waals surface area contributed by atoms with E-state index in [4.69, 9.17) is 10.5 Å². The van der Waals surface area contributed by atoms with Gasteiger partial charge in [-0.25, -0.2) is 9.97 Å². The Balaban J connectivity index is 2.32. The molecule has 0 bridgehead atoms. The molecular formula is C12H20N4O. The summed E-state index contributed by atoms with van der Waals surface area (Å²) in [5.74, 6) is 1.50. The molecule has 1 aliphatic rings. The Bertz CT molecular complexity index is 396. The summed E-state index contributed by atoms with van der Waals surface area (Å²) in [5, 5.41) is 0. The van der Waals surface area contributed by atoms with Crippen molar-refractivity contribution in [1.82, 2.24) is 9.97 Å². The summed E-state index contributed by atoms with van der Waals surface area (Å²) in [6, 6.07) is 0.374. The highest BCUT2D eigenvalue weighted by atomic mass is 16.5. The molecule has 2 rings (SSSR count). The molecule has 0 aliphatic carbocycles. The van der Waals surface area contributed by atoms with E-state index in [0.29, 0.717) is 11.9 Å². The monoisotopic (exact) mass is 236 g/mol. The Hall–Kier alpha value is -1.36. The first-order valence-electron chi connectivity index (χ1n) is 6.08.